The first-order chi connectivity index (χ1) is 10.4. The minimum Gasteiger partial charge on any atom is -0.444 e. The molecule has 1 aromatic heterocycles. The third-order valence-corrected chi connectivity index (χ3v) is 5.07. The number of hydrogen-bond donors (Lipinski definition) is 0. The van der Waals surface area contributed by atoms with Crippen LogP contribution in [0, 0.1) is 5.82 Å². The van der Waals surface area contributed by atoms with Crippen LogP contribution in [0.3, 0.4) is 0 Å². The van der Waals surface area contributed by atoms with Gasteiger partial charge in [-0.1, -0.05) is 12.1 Å². The van der Waals surface area contributed by atoms with Gasteiger partial charge < -0.3 is 4.42 Å². The molecule has 118 valence electrons. The van der Waals surface area contributed by atoms with Gasteiger partial charge in [-0.15, -0.1) is 0 Å². The summed E-state index contributed by atoms with van der Waals surface area (Å²) in [4.78, 5) is 4.23. The molecule has 1 fully saturated rings. The summed E-state index contributed by atoms with van der Waals surface area (Å²) < 4.78 is 43.6. The molecular formula is C15H17FN2O3S. The summed E-state index contributed by atoms with van der Waals surface area (Å²) in [5.41, 5.74) is 0.912. The maximum Gasteiger partial charge on any atom is 0.212 e. The zero-order valence-electron chi connectivity index (χ0n) is 12.2. The zero-order chi connectivity index (χ0) is 15.7. The summed E-state index contributed by atoms with van der Waals surface area (Å²) >= 11 is 0. The first-order valence-corrected chi connectivity index (χ1v) is 8.94. The summed E-state index contributed by atoms with van der Waals surface area (Å²) in [6, 6.07) is 5.85. The maximum atomic E-state index is 12.9. The Hall–Kier alpha value is -1.73. The highest BCUT2D eigenvalue weighted by Crippen LogP contribution is 2.33. The Balaban J connectivity index is 1.77. The van der Waals surface area contributed by atoms with Gasteiger partial charge in [0.1, 0.15) is 17.6 Å². The van der Waals surface area contributed by atoms with Crippen molar-refractivity contribution < 1.29 is 17.2 Å². The second kappa shape index (κ2) is 5.81. The lowest BCUT2D eigenvalue weighted by molar-refractivity contribution is 0.323. The monoisotopic (exact) mass is 324 g/mol. The van der Waals surface area contributed by atoms with Gasteiger partial charge in [-0.2, -0.15) is 4.31 Å². The second-order valence-electron chi connectivity index (χ2n) is 5.50. The molecule has 7 heteroatoms. The number of oxazole rings is 1. The van der Waals surface area contributed by atoms with Crippen molar-refractivity contribution in [2.75, 3.05) is 12.8 Å². The first-order valence-electron chi connectivity index (χ1n) is 7.09. The van der Waals surface area contributed by atoms with Gasteiger partial charge in [-0.05, 0) is 30.5 Å². The standard InChI is InChI=1S/C15H17FN2O3S/c1-22(19,20)18-8-2-3-14(18)15-17-10-13(21-15)9-11-4-6-12(16)7-5-11/h4-7,10,14H,2-3,8-9H2,1H3. The highest BCUT2D eigenvalue weighted by Gasteiger charge is 2.35. The quantitative estimate of drug-likeness (QED) is 0.867. The van der Waals surface area contributed by atoms with E-state index in [1.165, 1.54) is 22.7 Å². The number of sulfonamides is 1. The van der Waals surface area contributed by atoms with Crippen LogP contribution >= 0.6 is 0 Å². The molecule has 0 N–H and O–H groups in total. The van der Waals surface area contributed by atoms with E-state index in [9.17, 15) is 12.8 Å². The fourth-order valence-electron chi connectivity index (χ4n) is 2.75. The van der Waals surface area contributed by atoms with Crippen molar-refractivity contribution in [2.45, 2.75) is 25.3 Å². The Bertz CT molecular complexity index is 755. The van der Waals surface area contributed by atoms with E-state index >= 15 is 0 Å². The van der Waals surface area contributed by atoms with Gasteiger partial charge in [0.2, 0.25) is 15.9 Å². The minimum atomic E-state index is -3.26. The number of aromatic nitrogens is 1. The van der Waals surface area contributed by atoms with Crippen LogP contribution < -0.4 is 0 Å². The number of nitrogens with zero attached hydrogens (tertiary/aromatic N) is 2. The maximum absolute atomic E-state index is 12.9. The van der Waals surface area contributed by atoms with E-state index < -0.39 is 10.0 Å². The number of benzene rings is 1. The van der Waals surface area contributed by atoms with Crippen molar-refractivity contribution in [3.8, 4) is 0 Å². The Labute approximate surface area is 128 Å². The van der Waals surface area contributed by atoms with E-state index in [1.807, 2.05) is 0 Å². The van der Waals surface area contributed by atoms with Gasteiger partial charge in [0.15, 0.2) is 0 Å². The highest BCUT2D eigenvalue weighted by molar-refractivity contribution is 7.88. The molecule has 1 unspecified atom stereocenters. The van der Waals surface area contributed by atoms with E-state index in [0.29, 0.717) is 31.0 Å². The number of rotatable bonds is 4. The molecule has 1 aliphatic rings. The van der Waals surface area contributed by atoms with E-state index in [0.717, 1.165) is 12.0 Å². The molecule has 0 radical (unpaired) electrons. The third-order valence-electron chi connectivity index (χ3n) is 3.78. The highest BCUT2D eigenvalue weighted by atomic mass is 32.2. The van der Waals surface area contributed by atoms with Crippen LogP contribution in [0.5, 0.6) is 0 Å². The molecule has 0 aliphatic carbocycles. The molecule has 1 saturated heterocycles. The van der Waals surface area contributed by atoms with Crippen LogP contribution in [0.15, 0.2) is 34.9 Å². The largest absolute Gasteiger partial charge is 0.444 e. The predicted octanol–water partition coefficient (Wildman–Crippen LogP) is 2.50. The summed E-state index contributed by atoms with van der Waals surface area (Å²) in [7, 11) is -3.26. The summed E-state index contributed by atoms with van der Waals surface area (Å²) in [6.07, 6.45) is 4.82. The lowest BCUT2D eigenvalue weighted by Gasteiger charge is -2.19. The lowest BCUT2D eigenvalue weighted by Crippen LogP contribution is -2.29. The molecule has 0 spiro atoms. The van der Waals surface area contributed by atoms with Crippen LogP contribution in [0.1, 0.15) is 36.1 Å². The molecule has 1 atom stereocenters. The summed E-state index contributed by atoms with van der Waals surface area (Å²) in [5.74, 6) is 0.791. The molecule has 2 heterocycles. The lowest BCUT2D eigenvalue weighted by atomic mass is 10.1. The molecule has 0 amide bonds. The summed E-state index contributed by atoms with van der Waals surface area (Å²) in [6.45, 7) is 0.499. The zero-order valence-corrected chi connectivity index (χ0v) is 13.0. The van der Waals surface area contributed by atoms with Gasteiger partial charge in [0.05, 0.1) is 12.5 Å². The van der Waals surface area contributed by atoms with Crippen molar-refractivity contribution in [3.05, 3.63) is 53.5 Å². The van der Waals surface area contributed by atoms with Crippen LogP contribution in [0.25, 0.3) is 0 Å². The molecular weight excluding hydrogens is 307 g/mol. The van der Waals surface area contributed by atoms with Crippen molar-refractivity contribution in [3.63, 3.8) is 0 Å². The van der Waals surface area contributed by atoms with Gasteiger partial charge in [0.25, 0.3) is 0 Å². The first kappa shape index (κ1) is 15.2. The number of hydrogen-bond acceptors (Lipinski definition) is 4. The second-order valence-corrected chi connectivity index (χ2v) is 7.43. The van der Waals surface area contributed by atoms with Gasteiger partial charge in [0, 0.05) is 13.0 Å². The van der Waals surface area contributed by atoms with E-state index in [2.05, 4.69) is 4.98 Å². The Kier molecular flexibility index (Phi) is 4.01. The van der Waals surface area contributed by atoms with E-state index in [1.54, 1.807) is 18.3 Å². The molecule has 0 bridgehead atoms. The van der Waals surface area contributed by atoms with Gasteiger partial charge in [-0.25, -0.2) is 17.8 Å². The molecule has 3 rings (SSSR count). The predicted molar refractivity (Wildman–Crippen MR) is 79.2 cm³/mol. The normalized spacial score (nSPS) is 19.6. The smallest absolute Gasteiger partial charge is 0.212 e. The van der Waals surface area contributed by atoms with E-state index in [4.69, 9.17) is 4.42 Å². The molecule has 1 aliphatic heterocycles. The third kappa shape index (κ3) is 3.20. The van der Waals surface area contributed by atoms with Crippen LogP contribution in [-0.2, 0) is 16.4 Å². The SMILES string of the molecule is CS(=O)(=O)N1CCCC1c1ncc(Cc2ccc(F)cc2)o1. The fourth-order valence-corrected chi connectivity index (χ4v) is 3.86. The van der Waals surface area contributed by atoms with Gasteiger partial charge in [-0.3, -0.25) is 0 Å². The van der Waals surface area contributed by atoms with Crippen LogP contribution in [0.4, 0.5) is 4.39 Å². The minimum absolute atomic E-state index is 0.281. The van der Waals surface area contributed by atoms with Crippen molar-refractivity contribution in [1.82, 2.24) is 9.29 Å². The summed E-state index contributed by atoms with van der Waals surface area (Å²) in [5, 5.41) is 0. The average molecular weight is 324 g/mol. The molecule has 1 aromatic carbocycles. The molecule has 0 saturated carbocycles. The van der Waals surface area contributed by atoms with Gasteiger partial charge >= 0.3 is 0 Å². The Morgan fingerprint density at radius 3 is 2.77 bits per heavy atom. The molecule has 22 heavy (non-hydrogen) atoms. The number of halogens is 1. The Morgan fingerprint density at radius 1 is 1.36 bits per heavy atom. The fraction of sp³-hybridized carbons (Fsp3) is 0.400. The Morgan fingerprint density at radius 2 is 2.09 bits per heavy atom. The van der Waals surface area contributed by atoms with Crippen LogP contribution in [0.2, 0.25) is 0 Å². The van der Waals surface area contributed by atoms with E-state index in [-0.39, 0.29) is 11.9 Å². The molecule has 5 nitrogen and oxygen atoms in total. The van der Waals surface area contributed by atoms with Crippen molar-refractivity contribution >= 4 is 10.0 Å². The van der Waals surface area contributed by atoms with Crippen molar-refractivity contribution in [1.29, 1.82) is 0 Å². The topological polar surface area (TPSA) is 63.4 Å². The van der Waals surface area contributed by atoms with Crippen molar-refractivity contribution in [2.24, 2.45) is 0 Å². The molecule has 2 aromatic rings. The average Bonchev–Trinajstić information content (AvgIpc) is 3.09. The van der Waals surface area contributed by atoms with Crippen LogP contribution in [-0.4, -0.2) is 30.5 Å².